The van der Waals surface area contributed by atoms with Gasteiger partial charge in [0.05, 0.1) is 26.2 Å². The summed E-state index contributed by atoms with van der Waals surface area (Å²) in [5.74, 6) is 1.53. The number of ether oxygens (including phenoxy) is 2. The third kappa shape index (κ3) is 4.21. The molecule has 170 valence electrons. The first-order valence-corrected chi connectivity index (χ1v) is 11.3. The number of anilines is 3. The van der Waals surface area contributed by atoms with Crippen molar-refractivity contribution in [3.63, 3.8) is 0 Å². The van der Waals surface area contributed by atoms with Gasteiger partial charge in [0.25, 0.3) is 0 Å². The van der Waals surface area contributed by atoms with E-state index in [0.29, 0.717) is 0 Å². The van der Waals surface area contributed by atoms with Gasteiger partial charge >= 0.3 is 0 Å². The van der Waals surface area contributed by atoms with Crippen LogP contribution < -0.4 is 24.6 Å². The van der Waals surface area contributed by atoms with Gasteiger partial charge in [0.15, 0.2) is 0 Å². The Labute approximate surface area is 194 Å². The van der Waals surface area contributed by atoms with Gasteiger partial charge in [0, 0.05) is 36.7 Å². The average Bonchev–Trinajstić information content (AvgIpc) is 2.88. The van der Waals surface area contributed by atoms with Gasteiger partial charge in [-0.25, -0.2) is 0 Å². The lowest BCUT2D eigenvalue weighted by atomic mass is 9.83. The highest BCUT2D eigenvalue weighted by Gasteiger charge is 2.41. The standard InChI is InChI=1S/C27H29N3O3/c1-32-22-11-7-20(8-12-22)28-27(31)24-17-19-5-3-4-6-25(19)30-16-15-29(18-26(24)30)21-9-13-23(33-2)14-10-21/h3-14,24,26H,15-18H2,1-2H3,(H,28,31). The highest BCUT2D eigenvalue weighted by molar-refractivity contribution is 5.94. The van der Waals surface area contributed by atoms with Crippen molar-refractivity contribution in [1.82, 2.24) is 0 Å². The van der Waals surface area contributed by atoms with Crippen molar-refractivity contribution in [1.29, 1.82) is 0 Å². The zero-order valence-corrected chi connectivity index (χ0v) is 19.0. The summed E-state index contributed by atoms with van der Waals surface area (Å²) in [5, 5.41) is 3.14. The van der Waals surface area contributed by atoms with Crippen molar-refractivity contribution < 1.29 is 14.3 Å². The maximum atomic E-state index is 13.5. The molecule has 6 heteroatoms. The number of fused-ring (bicyclic) bond motifs is 3. The molecule has 5 rings (SSSR count). The summed E-state index contributed by atoms with van der Waals surface area (Å²) in [7, 11) is 3.32. The summed E-state index contributed by atoms with van der Waals surface area (Å²) < 4.78 is 10.5. The Bertz CT molecular complexity index is 1110. The predicted molar refractivity (Wildman–Crippen MR) is 132 cm³/mol. The van der Waals surface area contributed by atoms with Crippen LogP contribution in [0.2, 0.25) is 0 Å². The normalized spacial score (nSPS) is 19.3. The molecule has 0 bridgehead atoms. The van der Waals surface area contributed by atoms with Crippen LogP contribution in [0.5, 0.6) is 11.5 Å². The third-order valence-corrected chi connectivity index (χ3v) is 6.76. The molecule has 0 saturated carbocycles. The van der Waals surface area contributed by atoms with Crippen molar-refractivity contribution in [2.75, 3.05) is 49.0 Å². The van der Waals surface area contributed by atoms with Gasteiger partial charge in [0.2, 0.25) is 5.91 Å². The molecular weight excluding hydrogens is 414 g/mol. The molecule has 33 heavy (non-hydrogen) atoms. The Morgan fingerprint density at radius 2 is 1.55 bits per heavy atom. The maximum absolute atomic E-state index is 13.5. The molecule has 2 aliphatic heterocycles. The molecule has 1 amide bonds. The van der Waals surface area contributed by atoms with Crippen LogP contribution in [0.4, 0.5) is 17.1 Å². The minimum absolute atomic E-state index is 0.0567. The number of amides is 1. The average molecular weight is 444 g/mol. The van der Waals surface area contributed by atoms with Crippen molar-refractivity contribution in [3.05, 3.63) is 78.4 Å². The lowest BCUT2D eigenvalue weighted by molar-refractivity contribution is -0.120. The molecule has 1 fully saturated rings. The highest BCUT2D eigenvalue weighted by atomic mass is 16.5. The molecule has 0 aromatic heterocycles. The maximum Gasteiger partial charge on any atom is 0.229 e. The van der Waals surface area contributed by atoms with Gasteiger partial charge < -0.3 is 24.6 Å². The number of methoxy groups -OCH3 is 2. The Balaban J connectivity index is 1.41. The topological polar surface area (TPSA) is 54.0 Å². The monoisotopic (exact) mass is 443 g/mol. The van der Waals surface area contributed by atoms with Gasteiger partial charge in [-0.1, -0.05) is 18.2 Å². The van der Waals surface area contributed by atoms with E-state index in [9.17, 15) is 4.79 Å². The largest absolute Gasteiger partial charge is 0.497 e. The minimum atomic E-state index is -0.150. The fourth-order valence-corrected chi connectivity index (χ4v) is 4.99. The number of benzene rings is 3. The highest BCUT2D eigenvalue weighted by Crippen LogP contribution is 2.37. The van der Waals surface area contributed by atoms with Gasteiger partial charge in [-0.15, -0.1) is 0 Å². The van der Waals surface area contributed by atoms with Crippen LogP contribution in [0.25, 0.3) is 0 Å². The van der Waals surface area contributed by atoms with Gasteiger partial charge in [-0.3, -0.25) is 4.79 Å². The van der Waals surface area contributed by atoms with Crippen LogP contribution in [-0.2, 0) is 11.2 Å². The number of hydrogen-bond acceptors (Lipinski definition) is 5. The van der Waals surface area contributed by atoms with Crippen molar-refractivity contribution in [2.45, 2.75) is 12.5 Å². The molecule has 1 N–H and O–H groups in total. The summed E-state index contributed by atoms with van der Waals surface area (Å²) in [4.78, 5) is 18.3. The lowest BCUT2D eigenvalue weighted by Crippen LogP contribution is -2.60. The number of carbonyl (C=O) groups is 1. The predicted octanol–water partition coefficient (Wildman–Crippen LogP) is 4.21. The molecule has 2 aliphatic rings. The number of carbonyl (C=O) groups excluding carboxylic acids is 1. The molecule has 1 saturated heterocycles. The van der Waals surface area contributed by atoms with E-state index in [1.165, 1.54) is 11.3 Å². The first kappa shape index (κ1) is 21.2. The number of hydrogen-bond donors (Lipinski definition) is 1. The van der Waals surface area contributed by atoms with Crippen molar-refractivity contribution in [2.24, 2.45) is 5.92 Å². The SMILES string of the molecule is COc1ccc(NC(=O)C2Cc3ccccc3N3CCN(c4ccc(OC)cc4)CC23)cc1. The summed E-state index contributed by atoms with van der Waals surface area (Å²) >= 11 is 0. The minimum Gasteiger partial charge on any atom is -0.497 e. The Kier molecular flexibility index (Phi) is 5.82. The van der Waals surface area contributed by atoms with E-state index >= 15 is 0 Å². The van der Waals surface area contributed by atoms with Gasteiger partial charge in [-0.2, -0.15) is 0 Å². The number of nitrogens with one attached hydrogen (secondary N) is 1. The summed E-state index contributed by atoms with van der Waals surface area (Å²) in [5.41, 5.74) is 4.43. The van der Waals surface area contributed by atoms with E-state index < -0.39 is 0 Å². The Morgan fingerprint density at radius 3 is 2.24 bits per heavy atom. The van der Waals surface area contributed by atoms with E-state index in [-0.39, 0.29) is 17.9 Å². The lowest BCUT2D eigenvalue weighted by Gasteiger charge is -2.49. The third-order valence-electron chi connectivity index (χ3n) is 6.76. The molecule has 6 nitrogen and oxygen atoms in total. The molecular formula is C27H29N3O3. The molecule has 0 spiro atoms. The summed E-state index contributed by atoms with van der Waals surface area (Å²) in [6.45, 7) is 2.57. The fourth-order valence-electron chi connectivity index (χ4n) is 4.99. The fraction of sp³-hybridized carbons (Fsp3) is 0.296. The number of nitrogens with zero attached hydrogens (tertiary/aromatic N) is 2. The van der Waals surface area contributed by atoms with E-state index in [1.807, 2.05) is 36.4 Å². The molecule has 3 aromatic rings. The van der Waals surface area contributed by atoms with E-state index in [1.54, 1.807) is 14.2 Å². The zero-order chi connectivity index (χ0) is 22.8. The van der Waals surface area contributed by atoms with Crippen LogP contribution in [0.15, 0.2) is 72.8 Å². The van der Waals surface area contributed by atoms with Crippen LogP contribution in [0.1, 0.15) is 5.56 Å². The molecule has 0 aliphatic carbocycles. The smallest absolute Gasteiger partial charge is 0.229 e. The van der Waals surface area contributed by atoms with Crippen molar-refractivity contribution >= 4 is 23.0 Å². The van der Waals surface area contributed by atoms with Crippen LogP contribution in [-0.4, -0.2) is 45.8 Å². The van der Waals surface area contributed by atoms with Gasteiger partial charge in [0.1, 0.15) is 11.5 Å². The van der Waals surface area contributed by atoms with Crippen LogP contribution in [0.3, 0.4) is 0 Å². The van der Waals surface area contributed by atoms with Crippen LogP contribution in [0, 0.1) is 5.92 Å². The van der Waals surface area contributed by atoms with Gasteiger partial charge in [-0.05, 0) is 66.6 Å². The number of para-hydroxylation sites is 1. The summed E-state index contributed by atoms with van der Waals surface area (Å²) in [6.07, 6.45) is 0.732. The molecule has 3 aromatic carbocycles. The second-order valence-corrected chi connectivity index (χ2v) is 8.56. The Morgan fingerprint density at radius 1 is 0.879 bits per heavy atom. The van der Waals surface area contributed by atoms with Crippen molar-refractivity contribution in [3.8, 4) is 11.5 Å². The summed E-state index contributed by atoms with van der Waals surface area (Å²) in [6, 6.07) is 24.2. The van der Waals surface area contributed by atoms with E-state index in [4.69, 9.17) is 9.47 Å². The molecule has 2 unspecified atom stereocenters. The molecule has 2 atom stereocenters. The van der Waals surface area contributed by atoms with Crippen LogP contribution >= 0.6 is 0 Å². The second-order valence-electron chi connectivity index (χ2n) is 8.56. The first-order chi connectivity index (χ1) is 16.2. The molecule has 2 heterocycles. The van der Waals surface area contributed by atoms with E-state index in [2.05, 4.69) is 51.5 Å². The first-order valence-electron chi connectivity index (χ1n) is 11.3. The Hall–Kier alpha value is -3.67. The quantitative estimate of drug-likeness (QED) is 0.640. The zero-order valence-electron chi connectivity index (χ0n) is 19.0. The van der Waals surface area contributed by atoms with E-state index in [0.717, 1.165) is 48.9 Å². The molecule has 0 radical (unpaired) electrons. The number of piperazine rings is 1. The second kappa shape index (κ2) is 9.06. The number of rotatable bonds is 5.